The first kappa shape index (κ1) is 29.7. The number of anilines is 2. The van der Waals surface area contributed by atoms with Gasteiger partial charge < -0.3 is 14.4 Å². The number of carbonyl (C=O) groups excluding carboxylic acids is 2. The van der Waals surface area contributed by atoms with Crippen molar-refractivity contribution >= 4 is 34.3 Å². The van der Waals surface area contributed by atoms with Gasteiger partial charge in [0.05, 0.1) is 6.61 Å². The van der Waals surface area contributed by atoms with Crippen molar-refractivity contribution in [3.63, 3.8) is 0 Å². The van der Waals surface area contributed by atoms with E-state index in [0.29, 0.717) is 42.7 Å². The van der Waals surface area contributed by atoms with Crippen molar-refractivity contribution in [2.75, 3.05) is 23.0 Å². The largest absolute Gasteiger partial charge is 0.469 e. The maximum Gasteiger partial charge on any atom is 0.416 e. The van der Waals surface area contributed by atoms with Gasteiger partial charge in [-0.05, 0) is 55.6 Å². The first-order valence-corrected chi connectivity index (χ1v) is 15.4. The lowest BCUT2D eigenvalue weighted by Crippen LogP contribution is -2.63. The van der Waals surface area contributed by atoms with Gasteiger partial charge >= 0.3 is 12.1 Å². The molecule has 2 aromatic rings. The van der Waals surface area contributed by atoms with E-state index in [4.69, 9.17) is 15.9 Å². The highest BCUT2D eigenvalue weighted by Gasteiger charge is 2.47. The average molecular weight is 568 g/mol. The molecule has 1 aromatic heterocycles. The monoisotopic (exact) mass is 567 g/mol. The van der Waals surface area contributed by atoms with Crippen molar-refractivity contribution < 1.29 is 19.1 Å². The number of nitrogens with zero attached hydrogens (tertiary/aromatic N) is 5. The van der Waals surface area contributed by atoms with E-state index >= 15 is 0 Å². The molecule has 1 aliphatic carbocycles. The molecule has 1 aliphatic heterocycles. The second kappa shape index (κ2) is 13.8. The lowest BCUT2D eigenvalue weighted by Gasteiger charge is -2.47. The predicted octanol–water partition coefficient (Wildman–Crippen LogP) is 6.84. The molecular weight excluding hydrogens is 526 g/mol. The Labute approximate surface area is 241 Å². The van der Waals surface area contributed by atoms with Gasteiger partial charge in [0.25, 0.3) is 5.19 Å². The van der Waals surface area contributed by atoms with Crippen LogP contribution in [-0.2, 0) is 4.74 Å². The topological polar surface area (TPSA) is 88.1 Å². The fourth-order valence-corrected chi connectivity index (χ4v) is 6.57. The third-order valence-electron chi connectivity index (χ3n) is 7.63. The number of aromatic nitrogens is 2. The summed E-state index contributed by atoms with van der Waals surface area (Å²) in [6, 6.07) is 9.33. The fraction of sp³-hybridized carbons (Fsp3) is 0.600. The third-order valence-corrected chi connectivity index (χ3v) is 8.46. The van der Waals surface area contributed by atoms with Crippen LogP contribution in [0.15, 0.2) is 30.3 Å². The number of hydrogen-bond acceptors (Lipinski definition) is 7. The summed E-state index contributed by atoms with van der Waals surface area (Å²) in [5.41, 5.74) is 0.0677. The van der Waals surface area contributed by atoms with Crippen molar-refractivity contribution in [2.24, 2.45) is 0 Å². The number of rotatable bonds is 12. The molecule has 216 valence electrons. The summed E-state index contributed by atoms with van der Waals surface area (Å²) in [6.45, 7) is 7.02. The van der Waals surface area contributed by atoms with E-state index in [9.17, 15) is 9.59 Å². The summed E-state index contributed by atoms with van der Waals surface area (Å²) >= 11 is 1.17. The fourth-order valence-electron chi connectivity index (χ4n) is 5.81. The summed E-state index contributed by atoms with van der Waals surface area (Å²) in [7, 11) is 0. The molecule has 0 radical (unpaired) electrons. The van der Waals surface area contributed by atoms with Crippen LogP contribution in [0.25, 0.3) is 0 Å². The minimum absolute atomic E-state index is 0.0536. The Morgan fingerprint density at radius 3 is 2.42 bits per heavy atom. The van der Waals surface area contributed by atoms with Gasteiger partial charge in [-0.25, -0.2) is 14.5 Å². The van der Waals surface area contributed by atoms with Crippen LogP contribution in [0.1, 0.15) is 85.0 Å². The second-order valence-electron chi connectivity index (χ2n) is 10.5. The number of carbonyl (C=O) groups is 2. The molecule has 0 spiro atoms. The van der Waals surface area contributed by atoms with Crippen LogP contribution in [0.5, 0.6) is 5.19 Å². The van der Waals surface area contributed by atoms with Gasteiger partial charge in [0.15, 0.2) is 6.23 Å². The standard InChI is InChI=1S/C30H41N5O4S/c1-5-19-30(8-4,20-6-2)33-21-18-25(35(28(33)36)26-31-32-27(40-26)38-22-7-3)39-29(37)34(24-16-12-13-17-24)23-14-10-9-11-15-23/h4,9-11,14-15,24-25H,5-7,12-13,16-22H2,1-3H3. The summed E-state index contributed by atoms with van der Waals surface area (Å²) in [5, 5.41) is 9.12. The Hall–Kier alpha value is -3.32. The van der Waals surface area contributed by atoms with Gasteiger partial charge in [0.1, 0.15) is 5.54 Å². The Kier molecular flexibility index (Phi) is 10.3. The molecule has 4 rings (SSSR count). The molecule has 1 saturated heterocycles. The summed E-state index contributed by atoms with van der Waals surface area (Å²) < 4.78 is 11.9. The van der Waals surface area contributed by atoms with Crippen LogP contribution in [0.3, 0.4) is 0 Å². The molecule has 2 aliphatic rings. The Bertz CT molecular complexity index is 1150. The molecular formula is C30H41N5O4S. The van der Waals surface area contributed by atoms with Crippen LogP contribution in [0, 0.1) is 12.3 Å². The third kappa shape index (κ3) is 6.35. The smallest absolute Gasteiger partial charge is 0.416 e. The summed E-state index contributed by atoms with van der Waals surface area (Å²) in [5.74, 6) is 2.96. The number of terminal acetylenes is 1. The molecule has 9 nitrogen and oxygen atoms in total. The molecule has 2 fully saturated rings. The maximum atomic E-state index is 14.2. The minimum Gasteiger partial charge on any atom is -0.469 e. The highest BCUT2D eigenvalue weighted by Crippen LogP contribution is 2.37. The van der Waals surface area contributed by atoms with Crippen LogP contribution < -0.4 is 14.5 Å². The highest BCUT2D eigenvalue weighted by atomic mass is 32.1. The second-order valence-corrected chi connectivity index (χ2v) is 11.4. The lowest BCUT2D eigenvalue weighted by molar-refractivity contribution is 0.0529. The molecule has 40 heavy (non-hydrogen) atoms. The van der Waals surface area contributed by atoms with E-state index in [2.05, 4.69) is 30.0 Å². The van der Waals surface area contributed by atoms with Crippen molar-refractivity contribution in [2.45, 2.75) is 103 Å². The zero-order valence-electron chi connectivity index (χ0n) is 23.9. The van der Waals surface area contributed by atoms with E-state index in [1.54, 1.807) is 9.80 Å². The van der Waals surface area contributed by atoms with Gasteiger partial charge in [-0.2, -0.15) is 0 Å². The number of amides is 3. The summed E-state index contributed by atoms with van der Waals surface area (Å²) in [4.78, 5) is 33.0. The molecule has 3 amide bonds. The van der Waals surface area contributed by atoms with Crippen molar-refractivity contribution in [1.29, 1.82) is 0 Å². The van der Waals surface area contributed by atoms with Crippen molar-refractivity contribution in [3.8, 4) is 17.5 Å². The van der Waals surface area contributed by atoms with Crippen molar-refractivity contribution in [1.82, 2.24) is 15.1 Å². The maximum absolute atomic E-state index is 14.2. The predicted molar refractivity (Wildman–Crippen MR) is 158 cm³/mol. The van der Waals surface area contributed by atoms with Gasteiger partial charge in [-0.3, -0.25) is 4.90 Å². The molecule has 10 heteroatoms. The summed E-state index contributed by atoms with van der Waals surface area (Å²) in [6.07, 6.45) is 13.0. The quantitative estimate of drug-likeness (QED) is 0.261. The number of benzene rings is 1. The molecule has 0 N–H and O–H groups in total. The number of hydrogen-bond donors (Lipinski definition) is 0. The van der Waals surface area contributed by atoms with Crippen LogP contribution >= 0.6 is 11.3 Å². The Balaban J connectivity index is 1.66. The van der Waals surface area contributed by atoms with Crippen LogP contribution in [0.4, 0.5) is 20.4 Å². The Morgan fingerprint density at radius 2 is 1.80 bits per heavy atom. The zero-order valence-corrected chi connectivity index (χ0v) is 24.7. The Morgan fingerprint density at radius 1 is 1.10 bits per heavy atom. The van der Waals surface area contributed by atoms with Gasteiger partial charge in [0, 0.05) is 24.7 Å². The van der Waals surface area contributed by atoms with Gasteiger partial charge in [-0.15, -0.1) is 11.5 Å². The van der Waals surface area contributed by atoms with Crippen LogP contribution in [0.2, 0.25) is 0 Å². The SMILES string of the molecule is C#CC(CCC)(CCC)N1CCC(OC(=O)N(c2ccccc2)C2CCCC2)N(c2nnc(OCCC)s2)C1=O. The highest BCUT2D eigenvalue weighted by molar-refractivity contribution is 7.17. The zero-order chi connectivity index (χ0) is 28.5. The van der Waals surface area contributed by atoms with Gasteiger partial charge in [0.2, 0.25) is 5.13 Å². The van der Waals surface area contributed by atoms with E-state index in [1.807, 2.05) is 37.3 Å². The first-order valence-electron chi connectivity index (χ1n) is 14.6. The van der Waals surface area contributed by atoms with E-state index in [0.717, 1.165) is 50.6 Å². The number of urea groups is 1. The van der Waals surface area contributed by atoms with Crippen LogP contribution in [-0.4, -0.2) is 58.2 Å². The molecule has 1 saturated carbocycles. The molecule has 0 bridgehead atoms. The van der Waals surface area contributed by atoms with E-state index in [-0.39, 0.29) is 12.1 Å². The average Bonchev–Trinajstić information content (AvgIpc) is 3.66. The van der Waals surface area contributed by atoms with Crippen molar-refractivity contribution in [3.05, 3.63) is 30.3 Å². The first-order chi connectivity index (χ1) is 19.5. The van der Waals surface area contributed by atoms with Gasteiger partial charge in [-0.1, -0.05) is 75.7 Å². The number of ether oxygens (including phenoxy) is 2. The minimum atomic E-state index is -0.852. The molecule has 1 unspecified atom stereocenters. The molecule has 1 aromatic carbocycles. The molecule has 2 heterocycles. The normalized spacial score (nSPS) is 18.1. The van der Waals surface area contributed by atoms with E-state index in [1.165, 1.54) is 16.2 Å². The van der Waals surface area contributed by atoms with E-state index < -0.39 is 17.9 Å². The lowest BCUT2D eigenvalue weighted by atomic mass is 9.87. The number of para-hydroxylation sites is 1. The molecule has 1 atom stereocenters.